The number of amides is 3. The first kappa shape index (κ1) is 22.0. The third-order valence-electron chi connectivity index (χ3n) is 5.86. The topological polar surface area (TPSA) is 69.7 Å². The highest BCUT2D eigenvalue weighted by Gasteiger charge is 2.36. The molecule has 2 aliphatic heterocycles. The number of piperidine rings is 1. The first-order chi connectivity index (χ1) is 14.1. The molecule has 0 aliphatic carbocycles. The van der Waals surface area contributed by atoms with E-state index in [4.69, 9.17) is 0 Å². The Morgan fingerprint density at radius 2 is 1.70 bits per heavy atom. The largest absolute Gasteiger partial charge is 0.339 e. The van der Waals surface area contributed by atoms with Crippen molar-refractivity contribution < 1.29 is 14.4 Å². The quantitative estimate of drug-likeness (QED) is 0.745. The lowest BCUT2D eigenvalue weighted by molar-refractivity contribution is 0.0655. The maximum Gasteiger partial charge on any atom is 0.261 e. The van der Waals surface area contributed by atoms with E-state index in [0.29, 0.717) is 29.7 Å². The molecule has 2 heterocycles. The van der Waals surface area contributed by atoms with Crippen molar-refractivity contribution in [3.8, 4) is 0 Å². The van der Waals surface area contributed by atoms with Crippen molar-refractivity contribution in [2.75, 3.05) is 26.7 Å². The zero-order valence-electron chi connectivity index (χ0n) is 17.0. The van der Waals surface area contributed by atoms with Gasteiger partial charge in [-0.15, -0.1) is 12.4 Å². The van der Waals surface area contributed by atoms with Gasteiger partial charge in [0.1, 0.15) is 0 Å². The molecule has 2 aromatic rings. The molecule has 0 saturated carbocycles. The van der Waals surface area contributed by atoms with E-state index < -0.39 is 0 Å². The summed E-state index contributed by atoms with van der Waals surface area (Å²) in [6, 6.07) is 14.8. The minimum absolute atomic E-state index is 0. The highest BCUT2D eigenvalue weighted by Crippen LogP contribution is 2.25. The molecule has 1 N–H and O–H groups in total. The Kier molecular flexibility index (Phi) is 6.90. The van der Waals surface area contributed by atoms with E-state index in [0.717, 1.165) is 31.5 Å². The van der Waals surface area contributed by atoms with Crippen molar-refractivity contribution in [1.82, 2.24) is 15.1 Å². The van der Waals surface area contributed by atoms with E-state index >= 15 is 0 Å². The van der Waals surface area contributed by atoms with Gasteiger partial charge in [-0.25, -0.2) is 0 Å². The Morgan fingerprint density at radius 1 is 1.03 bits per heavy atom. The van der Waals surface area contributed by atoms with Gasteiger partial charge in [0.15, 0.2) is 0 Å². The first-order valence-electron chi connectivity index (χ1n) is 10.1. The number of hydrogen-bond donors (Lipinski definition) is 1. The Balaban J connectivity index is 0.00000256. The number of halogens is 1. The number of nitrogens with one attached hydrogen (secondary N) is 1. The van der Waals surface area contributed by atoms with Crippen LogP contribution in [0.15, 0.2) is 48.5 Å². The van der Waals surface area contributed by atoms with Crippen LogP contribution in [0.25, 0.3) is 0 Å². The van der Waals surface area contributed by atoms with Crippen LogP contribution in [0, 0.1) is 0 Å². The monoisotopic (exact) mass is 427 g/mol. The lowest BCUT2D eigenvalue weighted by Gasteiger charge is -2.31. The SMILES string of the molecule is CN(C(=O)c1ccc2c(c1)C(=O)N(CCc1ccccc1)C2=O)C1CCNCC1.Cl. The van der Waals surface area contributed by atoms with Gasteiger partial charge in [-0.05, 0) is 56.1 Å². The minimum atomic E-state index is -0.319. The second kappa shape index (κ2) is 9.41. The van der Waals surface area contributed by atoms with Gasteiger partial charge >= 0.3 is 0 Å². The molecule has 30 heavy (non-hydrogen) atoms. The van der Waals surface area contributed by atoms with Gasteiger partial charge in [-0.3, -0.25) is 19.3 Å². The zero-order valence-corrected chi connectivity index (χ0v) is 17.8. The lowest BCUT2D eigenvalue weighted by Crippen LogP contribution is -2.44. The van der Waals surface area contributed by atoms with Crippen LogP contribution in [0.1, 0.15) is 49.5 Å². The van der Waals surface area contributed by atoms with Gasteiger partial charge in [0.05, 0.1) is 11.1 Å². The summed E-state index contributed by atoms with van der Waals surface area (Å²) < 4.78 is 0. The summed E-state index contributed by atoms with van der Waals surface area (Å²) in [5, 5.41) is 3.30. The summed E-state index contributed by atoms with van der Waals surface area (Å²) in [6.45, 7) is 2.13. The second-order valence-corrected chi connectivity index (χ2v) is 7.66. The van der Waals surface area contributed by atoms with Crippen LogP contribution in [0.3, 0.4) is 0 Å². The fourth-order valence-corrected chi connectivity index (χ4v) is 4.08. The maximum absolute atomic E-state index is 12.9. The molecule has 0 unspecified atom stereocenters. The summed E-state index contributed by atoms with van der Waals surface area (Å²) in [4.78, 5) is 41.5. The molecule has 3 amide bonds. The highest BCUT2D eigenvalue weighted by atomic mass is 35.5. The summed E-state index contributed by atoms with van der Waals surface area (Å²) in [6.07, 6.45) is 2.44. The third kappa shape index (κ3) is 4.25. The smallest absolute Gasteiger partial charge is 0.261 e. The summed E-state index contributed by atoms with van der Waals surface area (Å²) in [5.74, 6) is -0.713. The average molecular weight is 428 g/mol. The molecular formula is C23H26ClN3O3. The molecule has 2 aliphatic rings. The molecular weight excluding hydrogens is 402 g/mol. The predicted octanol–water partition coefficient (Wildman–Crippen LogP) is 2.77. The van der Waals surface area contributed by atoms with E-state index in [9.17, 15) is 14.4 Å². The fourth-order valence-electron chi connectivity index (χ4n) is 4.08. The molecule has 1 saturated heterocycles. The van der Waals surface area contributed by atoms with Crippen molar-refractivity contribution in [1.29, 1.82) is 0 Å². The highest BCUT2D eigenvalue weighted by molar-refractivity contribution is 6.22. The number of rotatable bonds is 5. The number of nitrogens with zero attached hydrogens (tertiary/aromatic N) is 2. The molecule has 4 rings (SSSR count). The molecule has 1 fully saturated rings. The van der Waals surface area contributed by atoms with E-state index in [1.807, 2.05) is 37.4 Å². The fraction of sp³-hybridized carbons (Fsp3) is 0.348. The third-order valence-corrected chi connectivity index (χ3v) is 5.86. The minimum Gasteiger partial charge on any atom is -0.339 e. The van der Waals surface area contributed by atoms with E-state index in [1.165, 1.54) is 4.90 Å². The number of carbonyl (C=O) groups excluding carboxylic acids is 3. The van der Waals surface area contributed by atoms with Crippen molar-refractivity contribution >= 4 is 30.1 Å². The molecule has 0 atom stereocenters. The van der Waals surface area contributed by atoms with Crippen LogP contribution in [0.4, 0.5) is 0 Å². The molecule has 2 aromatic carbocycles. The first-order valence-corrected chi connectivity index (χ1v) is 10.1. The van der Waals surface area contributed by atoms with Gasteiger partial charge in [0, 0.05) is 25.2 Å². The number of hydrogen-bond acceptors (Lipinski definition) is 4. The molecule has 6 nitrogen and oxygen atoms in total. The Morgan fingerprint density at radius 3 is 2.40 bits per heavy atom. The van der Waals surface area contributed by atoms with Crippen molar-refractivity contribution in [3.63, 3.8) is 0 Å². The van der Waals surface area contributed by atoms with Crippen molar-refractivity contribution in [2.24, 2.45) is 0 Å². The van der Waals surface area contributed by atoms with Crippen molar-refractivity contribution in [3.05, 3.63) is 70.8 Å². The van der Waals surface area contributed by atoms with Crippen LogP contribution < -0.4 is 5.32 Å². The summed E-state index contributed by atoms with van der Waals surface area (Å²) in [5.41, 5.74) is 2.23. The number of imide groups is 1. The Bertz CT molecular complexity index is 942. The van der Waals surface area contributed by atoms with Crippen LogP contribution >= 0.6 is 12.4 Å². The van der Waals surface area contributed by atoms with Crippen LogP contribution in [-0.2, 0) is 6.42 Å². The van der Waals surface area contributed by atoms with E-state index in [2.05, 4.69) is 5.32 Å². The Labute approximate surface area is 182 Å². The molecule has 0 spiro atoms. The zero-order chi connectivity index (χ0) is 20.4. The lowest BCUT2D eigenvalue weighted by atomic mass is 10.0. The average Bonchev–Trinajstić information content (AvgIpc) is 3.01. The summed E-state index contributed by atoms with van der Waals surface area (Å²) in [7, 11) is 1.81. The van der Waals surface area contributed by atoms with Gasteiger partial charge in [0.2, 0.25) is 0 Å². The van der Waals surface area contributed by atoms with Crippen LogP contribution in [0.5, 0.6) is 0 Å². The molecule has 158 valence electrons. The molecule has 0 bridgehead atoms. The van der Waals surface area contributed by atoms with E-state index in [-0.39, 0.29) is 36.2 Å². The van der Waals surface area contributed by atoms with Crippen LogP contribution in [0.2, 0.25) is 0 Å². The Hall–Kier alpha value is -2.70. The second-order valence-electron chi connectivity index (χ2n) is 7.66. The van der Waals surface area contributed by atoms with Gasteiger partial charge < -0.3 is 10.2 Å². The number of benzene rings is 2. The molecule has 0 aromatic heterocycles. The normalized spacial score (nSPS) is 16.2. The van der Waals surface area contributed by atoms with Gasteiger partial charge in [-0.1, -0.05) is 30.3 Å². The van der Waals surface area contributed by atoms with Crippen molar-refractivity contribution in [2.45, 2.75) is 25.3 Å². The standard InChI is InChI=1S/C23H25N3O3.ClH/c1-25(18-9-12-24-13-10-18)21(27)17-7-8-19-20(15-17)23(29)26(22(19)28)14-11-16-5-3-2-4-6-16;/h2-8,15,18,24H,9-14H2,1H3;1H. The molecule has 7 heteroatoms. The molecule has 0 radical (unpaired) electrons. The van der Waals surface area contributed by atoms with Gasteiger partial charge in [-0.2, -0.15) is 0 Å². The van der Waals surface area contributed by atoms with Gasteiger partial charge in [0.25, 0.3) is 17.7 Å². The number of fused-ring (bicyclic) bond motifs is 1. The predicted molar refractivity (Wildman–Crippen MR) is 117 cm³/mol. The maximum atomic E-state index is 12.9. The van der Waals surface area contributed by atoms with Crippen LogP contribution in [-0.4, -0.2) is 60.2 Å². The summed E-state index contributed by atoms with van der Waals surface area (Å²) >= 11 is 0. The van der Waals surface area contributed by atoms with E-state index in [1.54, 1.807) is 23.1 Å². The number of carbonyl (C=O) groups is 3.